The van der Waals surface area contributed by atoms with Crippen LogP contribution in [0.2, 0.25) is 0 Å². The van der Waals surface area contributed by atoms with Crippen LogP contribution in [0.15, 0.2) is 4.36 Å². The molecular formula is C2H3N2NaO2S. The van der Waals surface area contributed by atoms with E-state index in [2.05, 4.69) is 9.68 Å². The van der Waals surface area contributed by atoms with Gasteiger partial charge < -0.3 is 9.68 Å². The Bertz CT molecular complexity index is 121. The molecule has 0 rings (SSSR count). The summed E-state index contributed by atoms with van der Waals surface area (Å²) in [5, 5.41) is 3.05. The minimum atomic E-state index is -0.722. The average molecular weight is 142 g/mol. The molecule has 0 aliphatic heterocycles. The second kappa shape index (κ2) is 7.29. The number of urea groups is 1. The first-order valence-electron chi connectivity index (χ1n) is 1.45. The molecule has 0 unspecified atom stereocenters. The molecule has 0 radical (unpaired) electrons. The summed E-state index contributed by atoms with van der Waals surface area (Å²) in [4.78, 5) is 9.86. The van der Waals surface area contributed by atoms with E-state index in [-0.39, 0.29) is 41.0 Å². The van der Waals surface area contributed by atoms with Crippen molar-refractivity contribution in [1.29, 1.82) is 0 Å². The fourth-order valence-electron chi connectivity index (χ4n) is 0.0727. The second-order valence-corrected chi connectivity index (χ2v) is 1.00. The van der Waals surface area contributed by atoms with Crippen molar-refractivity contribution in [3.05, 3.63) is 5.32 Å². The van der Waals surface area contributed by atoms with Gasteiger partial charge in [0, 0.05) is 0 Å². The van der Waals surface area contributed by atoms with Crippen LogP contribution in [-0.4, -0.2) is 17.3 Å². The molecule has 0 spiro atoms. The van der Waals surface area contributed by atoms with E-state index in [1.807, 2.05) is 0 Å². The smallest absolute Gasteiger partial charge is 0.433 e. The third-order valence-corrected chi connectivity index (χ3v) is 0.537. The Balaban J connectivity index is 0. The first kappa shape index (κ1) is 11.1. The van der Waals surface area contributed by atoms with Gasteiger partial charge in [-0.2, -0.15) is 0 Å². The van der Waals surface area contributed by atoms with Crippen LogP contribution in [-0.2, 0) is 11.5 Å². The largest absolute Gasteiger partial charge is 1.00 e. The molecule has 40 valence electrons. The van der Waals surface area contributed by atoms with Crippen molar-refractivity contribution < 1.29 is 38.6 Å². The summed E-state index contributed by atoms with van der Waals surface area (Å²) >= 11 is -0.134. The van der Waals surface area contributed by atoms with Gasteiger partial charge in [0.15, 0.2) is 6.03 Å². The topological polar surface area (TPSA) is 60.6 Å². The molecule has 8 heavy (non-hydrogen) atoms. The summed E-state index contributed by atoms with van der Waals surface area (Å²) in [6.07, 6.45) is 0. The molecule has 0 N–H and O–H groups in total. The first-order valence-corrected chi connectivity index (χ1v) is 2.15. The number of carbonyl (C=O) groups is 1. The summed E-state index contributed by atoms with van der Waals surface area (Å²) in [5.41, 5.74) is 0. The van der Waals surface area contributed by atoms with Crippen molar-refractivity contribution in [1.82, 2.24) is 0 Å². The second-order valence-electron chi connectivity index (χ2n) is 0.672. The standard InChI is InChI=1S/C2H4N2O2S.Na/c1-3-2(5)4-7-6;/h1H3,(H,3,5);/q;+1/p-1. The third-order valence-electron chi connectivity index (χ3n) is 0.307. The van der Waals surface area contributed by atoms with Gasteiger partial charge in [0.2, 0.25) is 0 Å². The number of amides is 2. The monoisotopic (exact) mass is 142 g/mol. The van der Waals surface area contributed by atoms with E-state index < -0.39 is 6.03 Å². The summed E-state index contributed by atoms with van der Waals surface area (Å²) < 4.78 is 12.2. The van der Waals surface area contributed by atoms with Crippen LogP contribution in [0.25, 0.3) is 5.32 Å². The van der Waals surface area contributed by atoms with E-state index in [1.54, 1.807) is 0 Å². The maximum Gasteiger partial charge on any atom is 1.00 e. The Morgan fingerprint density at radius 2 is 2.25 bits per heavy atom. The zero-order chi connectivity index (χ0) is 5.70. The fraction of sp³-hybridized carbons (Fsp3) is 0.500. The van der Waals surface area contributed by atoms with Gasteiger partial charge in [-0.15, -0.1) is 0 Å². The Morgan fingerprint density at radius 3 is 2.38 bits per heavy atom. The zero-order valence-electron chi connectivity index (χ0n) is 4.62. The third kappa shape index (κ3) is 6.29. The van der Waals surface area contributed by atoms with Crippen molar-refractivity contribution in [3.63, 3.8) is 0 Å². The van der Waals surface area contributed by atoms with E-state index in [4.69, 9.17) is 0 Å². The maximum absolute atomic E-state index is 9.86. The van der Waals surface area contributed by atoms with Crippen LogP contribution in [0.4, 0.5) is 4.79 Å². The van der Waals surface area contributed by atoms with E-state index in [0.29, 0.717) is 0 Å². The molecule has 0 bridgehead atoms. The number of rotatable bonds is 0. The number of nitrogens with zero attached hydrogens (tertiary/aromatic N) is 2. The SMILES string of the molecule is C[N-]C(=O)N=S=O.[Na+]. The van der Waals surface area contributed by atoms with Gasteiger partial charge in [-0.1, -0.05) is 7.05 Å². The Morgan fingerprint density at radius 1 is 1.75 bits per heavy atom. The van der Waals surface area contributed by atoms with Crippen molar-refractivity contribution in [2.24, 2.45) is 4.36 Å². The predicted octanol–water partition coefficient (Wildman–Crippen LogP) is -2.49. The van der Waals surface area contributed by atoms with E-state index in [9.17, 15) is 9.00 Å². The Labute approximate surface area is 72.6 Å². The molecule has 4 nitrogen and oxygen atoms in total. The summed E-state index contributed by atoms with van der Waals surface area (Å²) in [6, 6.07) is -0.722. The normalized spacial score (nSPS) is 6.12. The molecule has 2 amide bonds. The predicted molar refractivity (Wildman–Crippen MR) is 25.2 cm³/mol. The first-order chi connectivity index (χ1) is 3.31. The average Bonchev–Trinajstić information content (AvgIpc) is 1.68. The molecule has 0 saturated carbocycles. The number of hydrogen-bond acceptors (Lipinski definition) is 2. The van der Waals surface area contributed by atoms with Crippen molar-refractivity contribution >= 4 is 17.5 Å². The molecule has 0 fully saturated rings. The quantitative estimate of drug-likeness (QED) is 0.351. The van der Waals surface area contributed by atoms with Crippen LogP contribution in [0, 0.1) is 0 Å². The van der Waals surface area contributed by atoms with Crippen LogP contribution in [0.3, 0.4) is 0 Å². The Hall–Kier alpha value is 0.290. The van der Waals surface area contributed by atoms with Crippen LogP contribution < -0.4 is 29.6 Å². The minimum absolute atomic E-state index is 0. The van der Waals surface area contributed by atoms with Gasteiger partial charge >= 0.3 is 29.6 Å². The molecule has 0 aliphatic rings. The van der Waals surface area contributed by atoms with E-state index in [1.165, 1.54) is 7.05 Å². The maximum atomic E-state index is 9.86. The van der Waals surface area contributed by atoms with Gasteiger partial charge in [-0.05, 0) is 0 Å². The van der Waals surface area contributed by atoms with Gasteiger partial charge in [-0.3, -0.25) is 4.79 Å². The molecule has 0 heterocycles. The number of hydrogen-bond donors (Lipinski definition) is 0. The van der Waals surface area contributed by atoms with Crippen molar-refractivity contribution in [2.45, 2.75) is 0 Å². The van der Waals surface area contributed by atoms with Gasteiger partial charge in [0.25, 0.3) is 0 Å². The van der Waals surface area contributed by atoms with Crippen LogP contribution >= 0.6 is 0 Å². The summed E-state index contributed by atoms with van der Waals surface area (Å²) in [7, 11) is 1.28. The minimum Gasteiger partial charge on any atom is -0.433 e. The molecule has 0 atom stereocenters. The van der Waals surface area contributed by atoms with Gasteiger partial charge in [-0.25, -0.2) is 4.21 Å². The molecular weight excluding hydrogens is 139 g/mol. The summed E-state index contributed by atoms with van der Waals surface area (Å²) in [6.45, 7) is 0. The van der Waals surface area contributed by atoms with E-state index >= 15 is 0 Å². The number of carbonyl (C=O) groups excluding carboxylic acids is 1. The van der Waals surface area contributed by atoms with Gasteiger partial charge in [0.1, 0.15) is 0 Å². The fourth-order valence-corrected chi connectivity index (χ4v) is 0.218. The van der Waals surface area contributed by atoms with E-state index in [0.717, 1.165) is 0 Å². The Kier molecular flexibility index (Phi) is 10.1. The molecule has 0 aromatic carbocycles. The molecule has 6 heteroatoms. The van der Waals surface area contributed by atoms with Crippen LogP contribution in [0.1, 0.15) is 0 Å². The van der Waals surface area contributed by atoms with Crippen molar-refractivity contribution in [3.8, 4) is 0 Å². The summed E-state index contributed by atoms with van der Waals surface area (Å²) in [5.74, 6) is 0. The van der Waals surface area contributed by atoms with Gasteiger partial charge in [0.05, 0.1) is 11.5 Å². The molecule has 0 aromatic rings. The van der Waals surface area contributed by atoms with Crippen LogP contribution in [0.5, 0.6) is 0 Å². The molecule has 0 aromatic heterocycles. The molecule has 0 saturated heterocycles. The zero-order valence-corrected chi connectivity index (χ0v) is 7.44. The van der Waals surface area contributed by atoms with Crippen molar-refractivity contribution in [2.75, 3.05) is 7.05 Å². The molecule has 0 aliphatic carbocycles.